The van der Waals surface area contributed by atoms with E-state index in [1.807, 2.05) is 12.1 Å². The van der Waals surface area contributed by atoms with Gasteiger partial charge >= 0.3 is 0 Å². The van der Waals surface area contributed by atoms with E-state index in [-0.39, 0.29) is 0 Å². The molecule has 0 aliphatic rings. The molecule has 0 spiro atoms. The highest BCUT2D eigenvalue weighted by atomic mass is 79.9. The molecule has 1 aromatic heterocycles. The van der Waals surface area contributed by atoms with E-state index in [4.69, 9.17) is 4.74 Å². The molecular formula is C12H11BrN2O. The van der Waals surface area contributed by atoms with E-state index < -0.39 is 0 Å². The first-order valence-electron chi connectivity index (χ1n) is 4.85. The van der Waals surface area contributed by atoms with E-state index >= 15 is 0 Å². The lowest BCUT2D eigenvalue weighted by molar-refractivity contribution is 0.411. The molecule has 1 aromatic carbocycles. The first kappa shape index (κ1) is 11.1. The molecule has 4 heteroatoms. The number of halogens is 1. The van der Waals surface area contributed by atoms with Crippen LogP contribution in [0.3, 0.4) is 0 Å². The zero-order chi connectivity index (χ0) is 11.4. The Labute approximate surface area is 103 Å². The first-order valence-corrected chi connectivity index (χ1v) is 5.97. The monoisotopic (exact) mass is 278 g/mol. The van der Waals surface area contributed by atoms with Crippen molar-refractivity contribution in [1.82, 2.24) is 9.97 Å². The minimum atomic E-state index is 0.667. The molecule has 0 fully saturated rings. The maximum absolute atomic E-state index is 5.02. The Morgan fingerprint density at radius 1 is 1.25 bits per heavy atom. The third-order valence-electron chi connectivity index (χ3n) is 2.20. The number of ether oxygens (including phenoxy) is 1. The molecule has 0 amide bonds. The van der Waals surface area contributed by atoms with Crippen LogP contribution in [-0.2, 0) is 5.33 Å². The van der Waals surface area contributed by atoms with Gasteiger partial charge in [-0.1, -0.05) is 34.1 Å². The van der Waals surface area contributed by atoms with Crippen LogP contribution in [0.15, 0.2) is 36.7 Å². The summed E-state index contributed by atoms with van der Waals surface area (Å²) >= 11 is 3.43. The molecule has 16 heavy (non-hydrogen) atoms. The van der Waals surface area contributed by atoms with Gasteiger partial charge in [-0.3, -0.25) is 0 Å². The van der Waals surface area contributed by atoms with E-state index in [1.54, 1.807) is 19.5 Å². The van der Waals surface area contributed by atoms with Crippen LogP contribution in [0.25, 0.3) is 11.4 Å². The number of hydrogen-bond donors (Lipinski definition) is 0. The van der Waals surface area contributed by atoms with Crippen LogP contribution in [0.1, 0.15) is 5.56 Å². The van der Waals surface area contributed by atoms with E-state index in [0.717, 1.165) is 10.9 Å². The number of nitrogens with zero attached hydrogens (tertiary/aromatic N) is 2. The van der Waals surface area contributed by atoms with Gasteiger partial charge in [0.2, 0.25) is 0 Å². The Morgan fingerprint density at radius 3 is 2.62 bits per heavy atom. The molecule has 0 aliphatic heterocycles. The van der Waals surface area contributed by atoms with Crippen LogP contribution in [0.4, 0.5) is 0 Å². The van der Waals surface area contributed by atoms with E-state index in [9.17, 15) is 0 Å². The fourth-order valence-corrected chi connectivity index (χ4v) is 1.71. The molecule has 0 aliphatic carbocycles. The van der Waals surface area contributed by atoms with Gasteiger partial charge in [0, 0.05) is 10.9 Å². The molecule has 0 N–H and O–H groups in total. The van der Waals surface area contributed by atoms with Gasteiger partial charge in [-0.25, -0.2) is 9.97 Å². The van der Waals surface area contributed by atoms with Gasteiger partial charge in [0.05, 0.1) is 19.5 Å². The molecule has 82 valence electrons. The van der Waals surface area contributed by atoms with Crippen molar-refractivity contribution in [2.75, 3.05) is 7.11 Å². The second-order valence-electron chi connectivity index (χ2n) is 3.28. The third kappa shape index (κ3) is 2.39. The summed E-state index contributed by atoms with van der Waals surface area (Å²) < 4.78 is 5.02. The summed E-state index contributed by atoms with van der Waals surface area (Å²) in [7, 11) is 1.60. The lowest BCUT2D eigenvalue weighted by atomic mass is 10.1. The summed E-state index contributed by atoms with van der Waals surface area (Å²) in [6, 6.07) is 8.12. The topological polar surface area (TPSA) is 35.0 Å². The van der Waals surface area contributed by atoms with Crippen molar-refractivity contribution in [3.05, 3.63) is 42.2 Å². The number of benzene rings is 1. The van der Waals surface area contributed by atoms with Gasteiger partial charge in [0.1, 0.15) is 0 Å². The summed E-state index contributed by atoms with van der Waals surface area (Å²) in [4.78, 5) is 8.49. The molecule has 0 atom stereocenters. The van der Waals surface area contributed by atoms with Gasteiger partial charge in [0.15, 0.2) is 11.6 Å². The minimum absolute atomic E-state index is 0.667. The van der Waals surface area contributed by atoms with Crippen molar-refractivity contribution in [2.45, 2.75) is 5.33 Å². The van der Waals surface area contributed by atoms with Gasteiger partial charge < -0.3 is 4.74 Å². The van der Waals surface area contributed by atoms with Crippen molar-refractivity contribution in [3.63, 3.8) is 0 Å². The van der Waals surface area contributed by atoms with Crippen LogP contribution in [0, 0.1) is 0 Å². The molecule has 3 nitrogen and oxygen atoms in total. The molecule has 2 aromatic rings. The van der Waals surface area contributed by atoms with Crippen molar-refractivity contribution in [2.24, 2.45) is 0 Å². The maximum atomic E-state index is 5.02. The Balaban J connectivity index is 2.34. The summed E-state index contributed by atoms with van der Waals surface area (Å²) in [5.74, 6) is 1.38. The van der Waals surface area contributed by atoms with Crippen molar-refractivity contribution < 1.29 is 4.74 Å². The SMILES string of the molecule is COc1cnc(-c2cccc(CBr)c2)nc1. The predicted octanol–water partition coefficient (Wildman–Crippen LogP) is 3.05. The quantitative estimate of drug-likeness (QED) is 0.810. The average molecular weight is 279 g/mol. The fourth-order valence-electron chi connectivity index (χ4n) is 1.36. The summed E-state index contributed by atoms with van der Waals surface area (Å²) in [6.45, 7) is 0. The number of alkyl halides is 1. The van der Waals surface area contributed by atoms with Gasteiger partial charge in [0.25, 0.3) is 0 Å². The number of hydrogen-bond acceptors (Lipinski definition) is 3. The number of aromatic nitrogens is 2. The van der Waals surface area contributed by atoms with E-state index in [0.29, 0.717) is 11.6 Å². The molecule has 0 unspecified atom stereocenters. The molecule has 1 heterocycles. The van der Waals surface area contributed by atoms with Crippen LogP contribution >= 0.6 is 15.9 Å². The summed E-state index contributed by atoms with van der Waals surface area (Å²) in [5.41, 5.74) is 2.22. The van der Waals surface area contributed by atoms with Crippen LogP contribution in [0.2, 0.25) is 0 Å². The minimum Gasteiger partial charge on any atom is -0.494 e. The Hall–Kier alpha value is -1.42. The van der Waals surface area contributed by atoms with Crippen molar-refractivity contribution >= 4 is 15.9 Å². The number of rotatable bonds is 3. The zero-order valence-electron chi connectivity index (χ0n) is 8.85. The first-order chi connectivity index (χ1) is 7.83. The van der Waals surface area contributed by atoms with Crippen LogP contribution in [-0.4, -0.2) is 17.1 Å². The fraction of sp³-hybridized carbons (Fsp3) is 0.167. The van der Waals surface area contributed by atoms with E-state index in [1.165, 1.54) is 5.56 Å². The molecular weight excluding hydrogens is 268 g/mol. The molecule has 0 radical (unpaired) electrons. The summed E-state index contributed by atoms with van der Waals surface area (Å²) in [5, 5.41) is 0.830. The molecule has 0 saturated carbocycles. The van der Waals surface area contributed by atoms with E-state index in [2.05, 4.69) is 38.0 Å². The van der Waals surface area contributed by atoms with Crippen LogP contribution < -0.4 is 4.74 Å². The smallest absolute Gasteiger partial charge is 0.159 e. The molecule has 0 saturated heterocycles. The highest BCUT2D eigenvalue weighted by Gasteiger charge is 2.02. The predicted molar refractivity (Wildman–Crippen MR) is 66.7 cm³/mol. The highest BCUT2D eigenvalue weighted by Crippen LogP contribution is 2.18. The standard InChI is InChI=1S/C12H11BrN2O/c1-16-11-7-14-12(15-8-11)10-4-2-3-9(5-10)6-13/h2-5,7-8H,6H2,1H3. The second kappa shape index (κ2) is 5.07. The molecule has 2 rings (SSSR count). The Morgan fingerprint density at radius 2 is 2.00 bits per heavy atom. The van der Waals surface area contributed by atoms with Crippen LogP contribution in [0.5, 0.6) is 5.75 Å². The van der Waals surface area contributed by atoms with Gasteiger partial charge in [-0.2, -0.15) is 0 Å². The van der Waals surface area contributed by atoms with Gasteiger partial charge in [-0.05, 0) is 11.6 Å². The third-order valence-corrected chi connectivity index (χ3v) is 2.85. The molecule has 0 bridgehead atoms. The summed E-state index contributed by atoms with van der Waals surface area (Å²) in [6.07, 6.45) is 3.34. The number of methoxy groups -OCH3 is 1. The van der Waals surface area contributed by atoms with Crippen molar-refractivity contribution in [1.29, 1.82) is 0 Å². The highest BCUT2D eigenvalue weighted by molar-refractivity contribution is 9.08. The van der Waals surface area contributed by atoms with Gasteiger partial charge in [-0.15, -0.1) is 0 Å². The second-order valence-corrected chi connectivity index (χ2v) is 3.84. The van der Waals surface area contributed by atoms with Crippen molar-refractivity contribution in [3.8, 4) is 17.1 Å². The lowest BCUT2D eigenvalue weighted by Gasteiger charge is -2.03. The normalized spacial score (nSPS) is 10.1. The lowest BCUT2D eigenvalue weighted by Crippen LogP contribution is -1.91. The largest absolute Gasteiger partial charge is 0.494 e. The Kier molecular flexibility index (Phi) is 3.51. The zero-order valence-corrected chi connectivity index (χ0v) is 10.4. The maximum Gasteiger partial charge on any atom is 0.159 e. The Bertz CT molecular complexity index is 471. The average Bonchev–Trinajstić information content (AvgIpc) is 2.39.